The average molecular weight is 442 g/mol. The van der Waals surface area contributed by atoms with Crippen LogP contribution in [0.5, 0.6) is 0 Å². The molecular formula is C29H31NO3. The van der Waals surface area contributed by atoms with Crippen molar-refractivity contribution in [2.45, 2.75) is 31.8 Å². The Morgan fingerprint density at radius 2 is 1.58 bits per heavy atom. The zero-order valence-electron chi connectivity index (χ0n) is 19.1. The molecule has 1 aliphatic heterocycles. The van der Waals surface area contributed by atoms with E-state index < -0.39 is 6.10 Å². The van der Waals surface area contributed by atoms with Crippen LogP contribution in [0.3, 0.4) is 0 Å². The van der Waals surface area contributed by atoms with Crippen molar-refractivity contribution in [1.29, 1.82) is 0 Å². The summed E-state index contributed by atoms with van der Waals surface area (Å²) in [6, 6.07) is 26.6. The van der Waals surface area contributed by atoms with Crippen molar-refractivity contribution in [2.24, 2.45) is 11.8 Å². The van der Waals surface area contributed by atoms with E-state index in [2.05, 4.69) is 55.5 Å². The number of nitrogens with zero attached hydrogens (tertiary/aromatic N) is 1. The van der Waals surface area contributed by atoms with Crippen LogP contribution in [0.4, 0.5) is 4.79 Å². The molecule has 5 rings (SSSR count). The van der Waals surface area contributed by atoms with Crippen LogP contribution >= 0.6 is 0 Å². The highest BCUT2D eigenvalue weighted by Gasteiger charge is 2.33. The molecule has 4 nitrogen and oxygen atoms in total. The molecule has 4 heteroatoms. The molecule has 0 saturated carbocycles. The van der Waals surface area contributed by atoms with Gasteiger partial charge in [0.25, 0.3) is 0 Å². The van der Waals surface area contributed by atoms with Crippen molar-refractivity contribution in [3.63, 3.8) is 0 Å². The number of carbonyl (C=O) groups excluding carboxylic acids is 1. The molecule has 1 aliphatic carbocycles. The maximum atomic E-state index is 12.9. The Balaban J connectivity index is 1.18. The molecule has 0 radical (unpaired) electrons. The normalized spacial score (nSPS) is 20.7. The molecule has 3 aromatic rings. The molecule has 33 heavy (non-hydrogen) atoms. The van der Waals surface area contributed by atoms with Crippen LogP contribution in [-0.4, -0.2) is 35.8 Å². The summed E-state index contributed by atoms with van der Waals surface area (Å²) < 4.78 is 5.85. The molecule has 0 bridgehead atoms. The summed E-state index contributed by atoms with van der Waals surface area (Å²) in [7, 11) is 0. The van der Waals surface area contributed by atoms with E-state index >= 15 is 0 Å². The van der Waals surface area contributed by atoms with E-state index in [4.69, 9.17) is 4.74 Å². The Bertz CT molecular complexity index is 1070. The van der Waals surface area contributed by atoms with Gasteiger partial charge in [-0.15, -0.1) is 0 Å². The molecule has 2 aliphatic rings. The van der Waals surface area contributed by atoms with Crippen molar-refractivity contribution < 1.29 is 14.6 Å². The zero-order valence-corrected chi connectivity index (χ0v) is 19.1. The minimum atomic E-state index is -0.459. The first-order chi connectivity index (χ1) is 16.1. The number of rotatable bonds is 5. The lowest BCUT2D eigenvalue weighted by Crippen LogP contribution is -2.43. The lowest BCUT2D eigenvalue weighted by molar-refractivity contribution is 0.0536. The fraction of sp³-hybridized carbons (Fsp3) is 0.345. The first-order valence-corrected chi connectivity index (χ1v) is 11.9. The smallest absolute Gasteiger partial charge is 0.409 e. The Hall–Kier alpha value is -3.11. The fourth-order valence-corrected chi connectivity index (χ4v) is 5.49. The molecule has 1 N–H and O–H groups in total. The van der Waals surface area contributed by atoms with Gasteiger partial charge in [0.1, 0.15) is 6.61 Å². The molecule has 170 valence electrons. The van der Waals surface area contributed by atoms with Crippen molar-refractivity contribution in [1.82, 2.24) is 4.90 Å². The Morgan fingerprint density at radius 3 is 2.21 bits per heavy atom. The van der Waals surface area contributed by atoms with Crippen molar-refractivity contribution in [3.05, 3.63) is 95.6 Å². The van der Waals surface area contributed by atoms with Crippen LogP contribution in [0.1, 0.15) is 48.5 Å². The average Bonchev–Trinajstić information content (AvgIpc) is 3.18. The number of amides is 1. The Kier molecular flexibility index (Phi) is 6.19. The van der Waals surface area contributed by atoms with Crippen molar-refractivity contribution in [3.8, 4) is 11.1 Å². The van der Waals surface area contributed by atoms with Gasteiger partial charge in [-0.1, -0.05) is 85.8 Å². The third-order valence-electron chi connectivity index (χ3n) is 7.39. The number of hydrogen-bond acceptors (Lipinski definition) is 3. The van der Waals surface area contributed by atoms with Gasteiger partial charge >= 0.3 is 6.09 Å². The van der Waals surface area contributed by atoms with Gasteiger partial charge in [-0.25, -0.2) is 4.79 Å². The van der Waals surface area contributed by atoms with Crippen LogP contribution in [0, 0.1) is 11.8 Å². The maximum absolute atomic E-state index is 12.9. The quantitative estimate of drug-likeness (QED) is 0.527. The summed E-state index contributed by atoms with van der Waals surface area (Å²) in [6.07, 6.45) is 0.921. The lowest BCUT2D eigenvalue weighted by Gasteiger charge is -2.37. The fourth-order valence-electron chi connectivity index (χ4n) is 5.49. The van der Waals surface area contributed by atoms with Crippen LogP contribution in [0.2, 0.25) is 0 Å². The highest BCUT2D eigenvalue weighted by Crippen LogP contribution is 2.44. The number of piperidine rings is 1. The van der Waals surface area contributed by atoms with E-state index in [1.54, 1.807) is 0 Å². The molecule has 1 heterocycles. The summed E-state index contributed by atoms with van der Waals surface area (Å²) in [4.78, 5) is 14.8. The number of benzene rings is 3. The standard InChI is InChI=1S/C29H31NO3/c1-20-18-30(16-15-22(20)17-28(31)21-9-3-2-4-10-21)29(32)33-19-27-25-13-7-5-11-23(25)24-12-6-8-14-26(24)27/h2-14,20,22,27-28,31H,15-19H2,1H3/t20-,22+,28?/m0/s1. The van der Waals surface area contributed by atoms with E-state index in [1.807, 2.05) is 35.2 Å². The van der Waals surface area contributed by atoms with Crippen LogP contribution in [0.15, 0.2) is 78.9 Å². The monoisotopic (exact) mass is 441 g/mol. The van der Waals surface area contributed by atoms with Gasteiger partial charge in [-0.05, 0) is 52.5 Å². The summed E-state index contributed by atoms with van der Waals surface area (Å²) >= 11 is 0. The van der Waals surface area contributed by atoms with Crippen molar-refractivity contribution in [2.75, 3.05) is 19.7 Å². The first-order valence-electron chi connectivity index (χ1n) is 11.9. The molecular weight excluding hydrogens is 410 g/mol. The molecule has 1 amide bonds. The maximum Gasteiger partial charge on any atom is 0.409 e. The number of carbonyl (C=O) groups is 1. The van der Waals surface area contributed by atoms with Gasteiger partial charge in [-0.2, -0.15) is 0 Å². The van der Waals surface area contributed by atoms with Gasteiger partial charge in [0.05, 0.1) is 6.10 Å². The van der Waals surface area contributed by atoms with Gasteiger partial charge in [-0.3, -0.25) is 0 Å². The number of ether oxygens (including phenoxy) is 1. The second kappa shape index (κ2) is 9.40. The lowest BCUT2D eigenvalue weighted by atomic mass is 9.82. The summed E-state index contributed by atoms with van der Waals surface area (Å²) in [5.74, 6) is 0.785. The first kappa shape index (κ1) is 21.7. The van der Waals surface area contributed by atoms with Gasteiger partial charge < -0.3 is 14.7 Å². The van der Waals surface area contributed by atoms with E-state index in [0.717, 1.165) is 18.4 Å². The third-order valence-corrected chi connectivity index (χ3v) is 7.39. The zero-order chi connectivity index (χ0) is 22.8. The second-order valence-corrected chi connectivity index (χ2v) is 9.44. The molecule has 1 unspecified atom stereocenters. The number of aliphatic hydroxyl groups is 1. The van der Waals surface area contributed by atoms with E-state index in [-0.39, 0.29) is 12.0 Å². The summed E-state index contributed by atoms with van der Waals surface area (Å²) in [5.41, 5.74) is 5.90. The van der Waals surface area contributed by atoms with Crippen LogP contribution in [-0.2, 0) is 4.74 Å². The highest BCUT2D eigenvalue weighted by atomic mass is 16.6. The predicted molar refractivity (Wildman–Crippen MR) is 130 cm³/mol. The summed E-state index contributed by atoms with van der Waals surface area (Å²) in [5, 5.41) is 10.6. The molecule has 0 aromatic heterocycles. The van der Waals surface area contributed by atoms with Gasteiger partial charge in [0, 0.05) is 19.0 Å². The summed E-state index contributed by atoms with van der Waals surface area (Å²) in [6.45, 7) is 3.87. The van der Waals surface area contributed by atoms with Crippen LogP contribution < -0.4 is 0 Å². The molecule has 3 atom stereocenters. The Morgan fingerprint density at radius 1 is 0.970 bits per heavy atom. The topological polar surface area (TPSA) is 49.8 Å². The highest BCUT2D eigenvalue weighted by molar-refractivity contribution is 5.79. The Labute approximate surface area is 195 Å². The number of likely N-dealkylation sites (tertiary alicyclic amines) is 1. The van der Waals surface area contributed by atoms with E-state index in [1.165, 1.54) is 22.3 Å². The molecule has 0 spiro atoms. The van der Waals surface area contributed by atoms with Crippen LogP contribution in [0.25, 0.3) is 11.1 Å². The van der Waals surface area contributed by atoms with Crippen molar-refractivity contribution >= 4 is 6.09 Å². The number of hydrogen-bond donors (Lipinski definition) is 1. The largest absolute Gasteiger partial charge is 0.448 e. The van der Waals surface area contributed by atoms with E-state index in [9.17, 15) is 9.90 Å². The minimum absolute atomic E-state index is 0.0809. The minimum Gasteiger partial charge on any atom is -0.448 e. The molecule has 1 saturated heterocycles. The number of fused-ring (bicyclic) bond motifs is 3. The van der Waals surface area contributed by atoms with Gasteiger partial charge in [0.15, 0.2) is 0 Å². The molecule has 3 aromatic carbocycles. The number of aliphatic hydroxyl groups excluding tert-OH is 1. The second-order valence-electron chi connectivity index (χ2n) is 9.44. The van der Waals surface area contributed by atoms with Gasteiger partial charge in [0.2, 0.25) is 0 Å². The molecule has 1 fully saturated rings. The third kappa shape index (κ3) is 4.40. The predicted octanol–water partition coefficient (Wildman–Crippen LogP) is 6.02. The SMILES string of the molecule is C[C@H]1CN(C(=O)OCC2c3ccccc3-c3ccccc32)CC[C@@H]1CC(O)c1ccccc1. The van der Waals surface area contributed by atoms with E-state index in [0.29, 0.717) is 31.5 Å².